The number of alkyl halides is 3. The van der Waals surface area contributed by atoms with Crippen LogP contribution >= 0.6 is 12.2 Å². The molecule has 10 nitrogen and oxygen atoms in total. The van der Waals surface area contributed by atoms with E-state index >= 15 is 0 Å². The number of hydrogen-bond acceptors (Lipinski definition) is 8. The summed E-state index contributed by atoms with van der Waals surface area (Å²) >= 11 is 5.65. The number of nitriles is 1. The number of rotatable bonds is 16. The molecule has 244 valence electrons. The van der Waals surface area contributed by atoms with E-state index in [1.165, 1.54) is 17.0 Å². The van der Waals surface area contributed by atoms with E-state index in [1.807, 2.05) is 31.2 Å². The number of hydrogen-bond donors (Lipinski definition) is 1. The van der Waals surface area contributed by atoms with E-state index < -0.39 is 35.0 Å². The molecule has 2 amide bonds. The number of methoxy groups -OCH3 is 1. The zero-order chi connectivity index (χ0) is 33.2. The van der Waals surface area contributed by atoms with Gasteiger partial charge in [-0.05, 0) is 68.4 Å². The maximum absolute atomic E-state index is 13.7. The standard InChI is InChI=1S/C31H37F3N4O6S/c1-5-6-26(39)36-13-14-42-20-27(44-16-15-43-19-21-7-11-24(41-4)12-8-21)38-29(45)37(28(40)30(38,2)3)23-10-9-22(18-35)25(17-23)31(32,33)34/h7-12,17,27H,5-6,13-16,19-20H2,1-4H3,(H,36,39). The molecular weight excluding hydrogens is 613 g/mol. The van der Waals surface area contributed by atoms with E-state index in [4.69, 9.17) is 31.2 Å². The Kier molecular flexibility index (Phi) is 12.7. The van der Waals surface area contributed by atoms with Crippen LogP contribution < -0.4 is 15.0 Å². The number of nitrogens with zero attached hydrogens (tertiary/aromatic N) is 3. The number of nitrogens with one attached hydrogen (secondary N) is 1. The molecule has 1 heterocycles. The molecule has 0 aliphatic carbocycles. The molecule has 1 aliphatic rings. The van der Waals surface area contributed by atoms with Gasteiger partial charge in [0.05, 0.1) is 63.0 Å². The van der Waals surface area contributed by atoms with Crippen LogP contribution in [0, 0.1) is 11.3 Å². The molecule has 1 atom stereocenters. The van der Waals surface area contributed by atoms with Gasteiger partial charge in [-0.1, -0.05) is 19.1 Å². The van der Waals surface area contributed by atoms with Crippen LogP contribution in [-0.4, -0.2) is 73.7 Å². The molecule has 2 aromatic carbocycles. The van der Waals surface area contributed by atoms with Crippen molar-refractivity contribution in [1.82, 2.24) is 10.2 Å². The van der Waals surface area contributed by atoms with Gasteiger partial charge < -0.3 is 29.2 Å². The lowest BCUT2D eigenvalue weighted by Gasteiger charge is -2.36. The molecule has 0 bridgehead atoms. The summed E-state index contributed by atoms with van der Waals surface area (Å²) in [4.78, 5) is 27.9. The van der Waals surface area contributed by atoms with Crippen molar-refractivity contribution in [3.05, 3.63) is 59.2 Å². The number of ether oxygens (including phenoxy) is 4. The van der Waals surface area contributed by atoms with Crippen molar-refractivity contribution < 1.29 is 41.7 Å². The third-order valence-corrected chi connectivity index (χ3v) is 7.35. The van der Waals surface area contributed by atoms with Gasteiger partial charge >= 0.3 is 6.18 Å². The summed E-state index contributed by atoms with van der Waals surface area (Å²) in [5, 5.41) is 11.8. The van der Waals surface area contributed by atoms with Crippen molar-refractivity contribution in [1.29, 1.82) is 5.26 Å². The smallest absolute Gasteiger partial charge is 0.417 e. The molecule has 0 spiro atoms. The highest BCUT2D eigenvalue weighted by Crippen LogP contribution is 2.38. The Hall–Kier alpha value is -3.77. The quantitative estimate of drug-likeness (QED) is 0.202. The normalized spacial score (nSPS) is 15.2. The first-order valence-corrected chi connectivity index (χ1v) is 14.7. The van der Waals surface area contributed by atoms with Crippen molar-refractivity contribution >= 4 is 34.8 Å². The second-order valence-electron chi connectivity index (χ2n) is 10.6. The van der Waals surface area contributed by atoms with E-state index in [-0.39, 0.29) is 49.7 Å². The molecule has 3 rings (SSSR count). The van der Waals surface area contributed by atoms with Crippen LogP contribution in [0.1, 0.15) is 50.3 Å². The number of halogens is 3. The lowest BCUT2D eigenvalue weighted by atomic mass is 10.0. The van der Waals surface area contributed by atoms with Crippen LogP contribution in [0.15, 0.2) is 42.5 Å². The van der Waals surface area contributed by atoms with Crippen molar-refractivity contribution in [2.24, 2.45) is 0 Å². The van der Waals surface area contributed by atoms with Gasteiger partial charge in [0.2, 0.25) is 5.91 Å². The Morgan fingerprint density at radius 1 is 1.11 bits per heavy atom. The van der Waals surface area contributed by atoms with Gasteiger partial charge in [0, 0.05) is 13.0 Å². The van der Waals surface area contributed by atoms with E-state index in [9.17, 15) is 28.0 Å². The Morgan fingerprint density at radius 3 is 2.44 bits per heavy atom. The van der Waals surface area contributed by atoms with E-state index in [2.05, 4.69) is 5.32 Å². The third-order valence-electron chi connectivity index (χ3n) is 6.97. The lowest BCUT2D eigenvalue weighted by molar-refractivity contribution is -0.138. The fraction of sp³-hybridized carbons (Fsp3) is 0.484. The number of anilines is 1. The van der Waals surface area contributed by atoms with Crippen molar-refractivity contribution in [2.45, 2.75) is 58.2 Å². The predicted octanol–water partition coefficient (Wildman–Crippen LogP) is 4.79. The summed E-state index contributed by atoms with van der Waals surface area (Å²) in [6.45, 7) is 5.95. The Bertz CT molecular complexity index is 1380. The molecule has 45 heavy (non-hydrogen) atoms. The lowest BCUT2D eigenvalue weighted by Crippen LogP contribution is -2.53. The average molecular weight is 651 g/mol. The highest BCUT2D eigenvalue weighted by molar-refractivity contribution is 7.80. The molecule has 1 aliphatic heterocycles. The SMILES string of the molecule is CCCC(=O)NCCOCC(OCCOCc1ccc(OC)cc1)N1C(=S)N(c2ccc(C#N)c(C(F)(F)F)c2)C(=O)C1(C)C. The van der Waals surface area contributed by atoms with E-state index in [1.54, 1.807) is 21.0 Å². The second-order valence-corrected chi connectivity index (χ2v) is 11.0. The predicted molar refractivity (Wildman–Crippen MR) is 163 cm³/mol. The van der Waals surface area contributed by atoms with Gasteiger partial charge in [-0.2, -0.15) is 18.4 Å². The first-order chi connectivity index (χ1) is 21.3. The number of benzene rings is 2. The topological polar surface area (TPSA) is 113 Å². The largest absolute Gasteiger partial charge is 0.497 e. The first-order valence-electron chi connectivity index (χ1n) is 14.3. The monoisotopic (exact) mass is 650 g/mol. The Labute approximate surface area is 266 Å². The van der Waals surface area contributed by atoms with Gasteiger partial charge in [0.15, 0.2) is 11.3 Å². The van der Waals surface area contributed by atoms with Crippen molar-refractivity contribution in [2.75, 3.05) is 45.0 Å². The zero-order valence-corrected chi connectivity index (χ0v) is 26.4. The molecule has 2 aromatic rings. The highest BCUT2D eigenvalue weighted by atomic mass is 32.1. The average Bonchev–Trinajstić information content (AvgIpc) is 3.18. The summed E-state index contributed by atoms with van der Waals surface area (Å²) in [7, 11) is 1.58. The summed E-state index contributed by atoms with van der Waals surface area (Å²) in [5.41, 5.74) is -2.30. The third kappa shape index (κ3) is 9.13. The van der Waals surface area contributed by atoms with Crippen LogP contribution in [0.25, 0.3) is 0 Å². The summed E-state index contributed by atoms with van der Waals surface area (Å²) in [6.07, 6.45) is -4.66. The summed E-state index contributed by atoms with van der Waals surface area (Å²) < 4.78 is 63.9. The minimum atomic E-state index is -4.82. The number of thiocarbonyl (C=S) groups is 1. The molecule has 0 saturated carbocycles. The van der Waals surface area contributed by atoms with Gasteiger partial charge in [-0.15, -0.1) is 0 Å². The van der Waals surface area contributed by atoms with Crippen LogP contribution in [0.2, 0.25) is 0 Å². The van der Waals surface area contributed by atoms with Crippen molar-refractivity contribution in [3.8, 4) is 11.8 Å². The second kappa shape index (κ2) is 16.0. The van der Waals surface area contributed by atoms with Crippen LogP contribution in [0.4, 0.5) is 18.9 Å². The molecule has 1 N–H and O–H groups in total. The Morgan fingerprint density at radius 2 is 1.82 bits per heavy atom. The van der Waals surface area contributed by atoms with Crippen molar-refractivity contribution in [3.63, 3.8) is 0 Å². The van der Waals surface area contributed by atoms with Crippen LogP contribution in [0.3, 0.4) is 0 Å². The fourth-order valence-corrected chi connectivity index (χ4v) is 5.17. The van der Waals surface area contributed by atoms with Gasteiger partial charge in [-0.3, -0.25) is 14.5 Å². The summed E-state index contributed by atoms with van der Waals surface area (Å²) in [6, 6.07) is 11.9. The van der Waals surface area contributed by atoms with Crippen LogP contribution in [0.5, 0.6) is 5.75 Å². The zero-order valence-electron chi connectivity index (χ0n) is 25.6. The molecule has 1 fully saturated rings. The summed E-state index contributed by atoms with van der Waals surface area (Å²) in [5.74, 6) is 0.0337. The fourth-order valence-electron chi connectivity index (χ4n) is 4.64. The van der Waals surface area contributed by atoms with E-state index in [0.717, 1.165) is 28.3 Å². The molecular formula is C31H37F3N4O6S. The number of carbonyl (C=O) groups excluding carboxylic acids is 2. The van der Waals surface area contributed by atoms with E-state index in [0.29, 0.717) is 19.4 Å². The highest BCUT2D eigenvalue weighted by Gasteiger charge is 2.53. The first kappa shape index (κ1) is 35.7. The molecule has 0 radical (unpaired) electrons. The molecule has 1 saturated heterocycles. The van der Waals surface area contributed by atoms with Crippen LogP contribution in [-0.2, 0) is 36.6 Å². The Balaban J connectivity index is 1.76. The minimum Gasteiger partial charge on any atom is -0.497 e. The maximum atomic E-state index is 13.7. The van der Waals surface area contributed by atoms with Gasteiger partial charge in [-0.25, -0.2) is 0 Å². The molecule has 14 heteroatoms. The minimum absolute atomic E-state index is 0.0754. The molecule has 1 unspecified atom stereocenters. The maximum Gasteiger partial charge on any atom is 0.417 e. The number of carbonyl (C=O) groups is 2. The van der Waals surface area contributed by atoms with Gasteiger partial charge in [0.25, 0.3) is 5.91 Å². The number of amides is 2. The molecule has 0 aromatic heterocycles. The van der Waals surface area contributed by atoms with Gasteiger partial charge in [0.1, 0.15) is 11.3 Å².